The largest absolute Gasteiger partial charge is 0.496 e. The Hall–Kier alpha value is -3.39. The normalized spacial score (nSPS) is 14.9. The fraction of sp³-hybridized carbons (Fsp3) is 0.444. The van der Waals surface area contributed by atoms with Gasteiger partial charge in [-0.1, -0.05) is 20.8 Å². The molecule has 1 atom stereocenters. The summed E-state index contributed by atoms with van der Waals surface area (Å²) in [5.41, 5.74) is 4.17. The van der Waals surface area contributed by atoms with E-state index in [1.807, 2.05) is 21.5 Å². The quantitative estimate of drug-likeness (QED) is 0.513. The molecule has 0 aliphatic carbocycles. The van der Waals surface area contributed by atoms with Crippen LogP contribution in [0.2, 0.25) is 0 Å². The molecule has 0 fully saturated rings. The second-order valence-electron chi connectivity index (χ2n) is 9.93. The van der Waals surface area contributed by atoms with Crippen molar-refractivity contribution in [2.24, 2.45) is 5.41 Å². The van der Waals surface area contributed by atoms with Gasteiger partial charge in [0.2, 0.25) is 0 Å². The van der Waals surface area contributed by atoms with Crippen molar-refractivity contribution in [3.05, 3.63) is 58.1 Å². The van der Waals surface area contributed by atoms with Gasteiger partial charge in [0.25, 0.3) is 0 Å². The third-order valence-electron chi connectivity index (χ3n) is 6.51. The highest BCUT2D eigenvalue weighted by molar-refractivity contribution is 5.89. The van der Waals surface area contributed by atoms with Crippen LogP contribution in [0.25, 0.3) is 22.4 Å². The maximum Gasteiger partial charge on any atom is 0.343 e. The summed E-state index contributed by atoms with van der Waals surface area (Å²) in [6.45, 7) is 9.15. The van der Waals surface area contributed by atoms with Gasteiger partial charge < -0.3 is 19.1 Å². The molecule has 1 aliphatic heterocycles. The number of hydrogen-bond acceptors (Lipinski definition) is 6. The molecule has 0 spiro atoms. The molecule has 186 valence electrons. The van der Waals surface area contributed by atoms with Gasteiger partial charge in [-0.3, -0.25) is 9.48 Å². The van der Waals surface area contributed by atoms with Gasteiger partial charge in [0.05, 0.1) is 25.6 Å². The van der Waals surface area contributed by atoms with E-state index in [-0.39, 0.29) is 35.7 Å². The van der Waals surface area contributed by atoms with E-state index in [0.717, 1.165) is 34.4 Å². The summed E-state index contributed by atoms with van der Waals surface area (Å²) in [7, 11) is 1.62. The van der Waals surface area contributed by atoms with Gasteiger partial charge in [-0.15, -0.1) is 0 Å². The predicted octanol–water partition coefficient (Wildman–Crippen LogP) is 4.09. The summed E-state index contributed by atoms with van der Waals surface area (Å²) >= 11 is 0. The summed E-state index contributed by atoms with van der Waals surface area (Å²) in [5.74, 6) is 0.0746. The van der Waals surface area contributed by atoms with Crippen molar-refractivity contribution < 1.29 is 19.4 Å². The number of rotatable bonds is 7. The van der Waals surface area contributed by atoms with Gasteiger partial charge in [-0.05, 0) is 42.9 Å². The lowest BCUT2D eigenvalue weighted by atomic mass is 9.78. The first-order valence-electron chi connectivity index (χ1n) is 12.0. The van der Waals surface area contributed by atoms with Crippen molar-refractivity contribution in [1.82, 2.24) is 14.3 Å². The highest BCUT2D eigenvalue weighted by Crippen LogP contribution is 2.45. The number of aryl methyl sites for hydroxylation is 1. The number of aliphatic hydroxyl groups is 1. The molecule has 3 aromatic rings. The lowest BCUT2D eigenvalue weighted by molar-refractivity contribution is 0.0523. The highest BCUT2D eigenvalue weighted by Gasteiger charge is 2.34. The van der Waals surface area contributed by atoms with E-state index < -0.39 is 5.97 Å². The molecule has 3 heterocycles. The van der Waals surface area contributed by atoms with Gasteiger partial charge in [-0.25, -0.2) is 4.79 Å². The molecule has 35 heavy (non-hydrogen) atoms. The predicted molar refractivity (Wildman–Crippen MR) is 134 cm³/mol. The Kier molecular flexibility index (Phi) is 6.85. The van der Waals surface area contributed by atoms with Gasteiger partial charge in [0.1, 0.15) is 11.3 Å². The molecule has 8 heteroatoms. The first-order valence-corrected chi connectivity index (χ1v) is 12.0. The summed E-state index contributed by atoms with van der Waals surface area (Å²) in [4.78, 5) is 25.4. The first kappa shape index (κ1) is 24.7. The zero-order valence-electron chi connectivity index (χ0n) is 21.0. The van der Waals surface area contributed by atoms with Crippen molar-refractivity contribution in [1.29, 1.82) is 0 Å². The van der Waals surface area contributed by atoms with Crippen LogP contribution < -0.4 is 10.2 Å². The fourth-order valence-electron chi connectivity index (χ4n) is 4.70. The molecule has 8 nitrogen and oxygen atoms in total. The molecule has 1 aliphatic rings. The average Bonchev–Trinajstić information content (AvgIpc) is 3.29. The van der Waals surface area contributed by atoms with E-state index in [0.29, 0.717) is 18.7 Å². The van der Waals surface area contributed by atoms with Crippen LogP contribution in [0.5, 0.6) is 5.75 Å². The summed E-state index contributed by atoms with van der Waals surface area (Å²) in [6.07, 6.45) is 6.77. The van der Waals surface area contributed by atoms with Gasteiger partial charge in [0, 0.05) is 54.3 Å². The number of hydrogen-bond donors (Lipinski definition) is 1. The Morgan fingerprint density at radius 2 is 1.97 bits per heavy atom. The molecule has 1 unspecified atom stereocenters. The second-order valence-corrected chi connectivity index (χ2v) is 9.93. The Balaban J connectivity index is 1.88. The number of benzene rings is 1. The minimum Gasteiger partial charge on any atom is -0.496 e. The number of carbonyl (C=O) groups excluding carboxylic acids is 1. The minimum absolute atomic E-state index is 0.0206. The second kappa shape index (κ2) is 9.70. The van der Waals surface area contributed by atoms with Crippen molar-refractivity contribution in [2.75, 3.05) is 20.3 Å². The van der Waals surface area contributed by atoms with Crippen LogP contribution in [0.3, 0.4) is 0 Å². The van der Waals surface area contributed by atoms with Crippen LogP contribution in [-0.2, 0) is 17.7 Å². The van der Waals surface area contributed by atoms with E-state index in [4.69, 9.17) is 14.6 Å². The number of aromatic nitrogens is 3. The van der Waals surface area contributed by atoms with Crippen molar-refractivity contribution >= 4 is 5.97 Å². The Morgan fingerprint density at radius 1 is 1.20 bits per heavy atom. The van der Waals surface area contributed by atoms with Crippen molar-refractivity contribution in [2.45, 2.75) is 53.1 Å². The van der Waals surface area contributed by atoms with Crippen molar-refractivity contribution in [3.63, 3.8) is 0 Å². The summed E-state index contributed by atoms with van der Waals surface area (Å²) in [5, 5.41) is 13.5. The van der Waals surface area contributed by atoms with Crippen LogP contribution >= 0.6 is 0 Å². The molecule has 1 N–H and O–H groups in total. The Morgan fingerprint density at radius 3 is 2.63 bits per heavy atom. The minimum atomic E-state index is -0.600. The van der Waals surface area contributed by atoms with E-state index in [2.05, 4.69) is 31.9 Å². The maximum absolute atomic E-state index is 12.9. The fourth-order valence-corrected chi connectivity index (χ4v) is 4.70. The third-order valence-corrected chi connectivity index (χ3v) is 6.51. The molecule has 4 rings (SSSR count). The Labute approximate surface area is 205 Å². The van der Waals surface area contributed by atoms with Gasteiger partial charge >= 0.3 is 5.97 Å². The van der Waals surface area contributed by atoms with E-state index >= 15 is 0 Å². The van der Waals surface area contributed by atoms with Crippen LogP contribution in [0.1, 0.15) is 56.1 Å². The number of esters is 1. The van der Waals surface area contributed by atoms with Gasteiger partial charge in [0.15, 0.2) is 5.43 Å². The smallest absolute Gasteiger partial charge is 0.343 e. The van der Waals surface area contributed by atoms with Crippen LogP contribution in [0.4, 0.5) is 0 Å². The zero-order chi connectivity index (χ0) is 25.3. The van der Waals surface area contributed by atoms with Crippen LogP contribution in [0.15, 0.2) is 41.6 Å². The molecule has 0 bridgehead atoms. The first-order chi connectivity index (χ1) is 16.7. The summed E-state index contributed by atoms with van der Waals surface area (Å²) in [6, 6.07) is 5.64. The number of methoxy groups -OCH3 is 1. The van der Waals surface area contributed by atoms with E-state index in [9.17, 15) is 9.59 Å². The molecule has 0 saturated carbocycles. The number of aliphatic hydroxyl groups excluding tert-OH is 1. The number of ether oxygens (including phenoxy) is 2. The lowest BCUT2D eigenvalue weighted by Gasteiger charge is -2.39. The molecule has 2 aromatic heterocycles. The van der Waals surface area contributed by atoms with Crippen LogP contribution in [-0.4, -0.2) is 45.7 Å². The number of nitrogens with zero attached hydrogens (tertiary/aromatic N) is 3. The molecule has 0 amide bonds. The third kappa shape index (κ3) is 4.75. The Bertz CT molecular complexity index is 1300. The standard InChI is InChI=1S/C27H33N3O5/c1-6-35-26(33)21-16-30-22(13-23(21)32)19-12-24(34-5)20(10-17(19)11-25(30)27(2,3)4)18-14-28-29(15-18)8-7-9-31/h10,12-16,25,31H,6-9,11H2,1-5H3. The highest BCUT2D eigenvalue weighted by atomic mass is 16.5. The molecule has 0 saturated heterocycles. The van der Waals surface area contributed by atoms with E-state index in [1.165, 1.54) is 6.07 Å². The molecular formula is C27H33N3O5. The SMILES string of the molecule is CCOC(=O)c1cn2c(cc1=O)-c1cc(OC)c(-c3cnn(CCCO)c3)cc1CC2C(C)(C)C. The maximum atomic E-state index is 12.9. The lowest BCUT2D eigenvalue weighted by Crippen LogP contribution is -2.33. The van der Waals surface area contributed by atoms with Gasteiger partial charge in [-0.2, -0.15) is 5.10 Å². The average molecular weight is 480 g/mol. The van der Waals surface area contributed by atoms with Crippen LogP contribution in [0, 0.1) is 5.41 Å². The van der Waals surface area contributed by atoms with E-state index in [1.54, 1.807) is 26.4 Å². The van der Waals surface area contributed by atoms with Crippen molar-refractivity contribution in [3.8, 4) is 28.1 Å². The zero-order valence-corrected chi connectivity index (χ0v) is 21.0. The number of carbonyl (C=O) groups is 1. The number of pyridine rings is 1. The monoisotopic (exact) mass is 479 g/mol. The summed E-state index contributed by atoms with van der Waals surface area (Å²) < 4.78 is 14.7. The molecular weight excluding hydrogens is 446 g/mol. The topological polar surface area (TPSA) is 95.6 Å². The molecule has 1 aromatic carbocycles. The molecule has 0 radical (unpaired) electrons. The number of fused-ring (bicyclic) bond motifs is 3.